The third-order valence-corrected chi connectivity index (χ3v) is 5.17. The zero-order valence-electron chi connectivity index (χ0n) is 14.5. The fraction of sp³-hybridized carbons (Fsp3) is 0.0500. The molecule has 0 spiro atoms. The Labute approximate surface area is 169 Å². The van der Waals surface area contributed by atoms with Crippen molar-refractivity contribution in [1.29, 1.82) is 0 Å². The number of carbonyl (C=O) groups excluding carboxylic acids is 1. The summed E-state index contributed by atoms with van der Waals surface area (Å²) in [5, 5.41) is 5.56. The van der Waals surface area contributed by atoms with Crippen LogP contribution in [0.1, 0.15) is 15.9 Å². The van der Waals surface area contributed by atoms with Crippen LogP contribution in [0.4, 0.5) is 5.13 Å². The van der Waals surface area contributed by atoms with E-state index in [2.05, 4.69) is 10.3 Å². The van der Waals surface area contributed by atoms with Crippen molar-refractivity contribution in [3.8, 4) is 11.5 Å². The first kappa shape index (κ1) is 18.2. The second-order valence-electron chi connectivity index (χ2n) is 5.94. The average Bonchev–Trinajstić information content (AvgIpc) is 3.37. The molecule has 8 heteroatoms. The molecule has 6 nitrogen and oxygen atoms in total. The fourth-order valence-corrected chi connectivity index (χ4v) is 3.53. The number of amides is 1. The second-order valence-corrected chi connectivity index (χ2v) is 7.21. The molecule has 4 rings (SSSR count). The summed E-state index contributed by atoms with van der Waals surface area (Å²) in [6.45, 7) is 0.277. The van der Waals surface area contributed by atoms with Gasteiger partial charge in [-0.05, 0) is 29.8 Å². The van der Waals surface area contributed by atoms with Gasteiger partial charge in [0.15, 0.2) is 10.9 Å². The zero-order chi connectivity index (χ0) is 19.5. The minimum atomic E-state index is -0.353. The summed E-state index contributed by atoms with van der Waals surface area (Å²) in [6, 6.07) is 13.7. The Kier molecular flexibility index (Phi) is 5.10. The number of nitrogens with zero attached hydrogens (tertiary/aromatic N) is 2. The van der Waals surface area contributed by atoms with E-state index in [9.17, 15) is 9.59 Å². The molecule has 1 amide bonds. The number of halogens is 1. The Bertz CT molecular complexity index is 1180. The van der Waals surface area contributed by atoms with Crippen molar-refractivity contribution in [2.75, 3.05) is 5.32 Å². The molecular formula is C20H14ClN3O3S. The van der Waals surface area contributed by atoms with E-state index in [-0.39, 0.29) is 18.0 Å². The maximum atomic E-state index is 12.6. The lowest BCUT2D eigenvalue weighted by atomic mass is 10.2. The third kappa shape index (κ3) is 3.90. The Morgan fingerprint density at radius 3 is 2.82 bits per heavy atom. The second kappa shape index (κ2) is 7.84. The molecular weight excluding hydrogens is 398 g/mol. The zero-order valence-corrected chi connectivity index (χ0v) is 16.0. The molecule has 0 saturated carbocycles. The number of carbonyl (C=O) groups is 1. The van der Waals surface area contributed by atoms with Crippen LogP contribution in [-0.2, 0) is 6.54 Å². The predicted octanol–water partition coefficient (Wildman–Crippen LogP) is 4.52. The van der Waals surface area contributed by atoms with Gasteiger partial charge >= 0.3 is 0 Å². The van der Waals surface area contributed by atoms with Gasteiger partial charge in [-0.3, -0.25) is 14.9 Å². The topological polar surface area (TPSA) is 77.1 Å². The first-order valence-electron chi connectivity index (χ1n) is 8.35. The van der Waals surface area contributed by atoms with Crippen LogP contribution >= 0.6 is 22.9 Å². The SMILES string of the molecule is O=C(Nc1nc(-c2ccco2)cs1)c1ccc(=O)n(Cc2ccccc2Cl)c1. The third-order valence-electron chi connectivity index (χ3n) is 4.04. The van der Waals surface area contributed by atoms with Crippen molar-refractivity contribution in [2.24, 2.45) is 0 Å². The molecule has 140 valence electrons. The Morgan fingerprint density at radius 1 is 1.18 bits per heavy atom. The quantitative estimate of drug-likeness (QED) is 0.523. The van der Waals surface area contributed by atoms with E-state index in [0.29, 0.717) is 27.2 Å². The molecule has 1 N–H and O–H groups in total. The van der Waals surface area contributed by atoms with Gasteiger partial charge < -0.3 is 8.98 Å². The van der Waals surface area contributed by atoms with Crippen LogP contribution in [0.5, 0.6) is 0 Å². The molecule has 3 aromatic heterocycles. The molecule has 0 fully saturated rings. The molecule has 0 saturated heterocycles. The normalized spacial score (nSPS) is 10.8. The first-order valence-corrected chi connectivity index (χ1v) is 9.60. The van der Waals surface area contributed by atoms with Crippen LogP contribution in [0.25, 0.3) is 11.5 Å². The van der Waals surface area contributed by atoms with E-state index in [0.717, 1.165) is 5.56 Å². The molecule has 0 radical (unpaired) electrons. The molecule has 0 atom stereocenters. The van der Waals surface area contributed by atoms with Crippen LogP contribution in [0.3, 0.4) is 0 Å². The van der Waals surface area contributed by atoms with Gasteiger partial charge in [-0.1, -0.05) is 29.8 Å². The van der Waals surface area contributed by atoms with Crippen molar-refractivity contribution in [2.45, 2.75) is 6.54 Å². The standard InChI is InChI=1S/C20H14ClN3O3S/c21-15-5-2-1-4-13(15)10-24-11-14(7-8-18(24)25)19(26)23-20-22-16(12-28-20)17-6-3-9-27-17/h1-9,11-12H,10H2,(H,22,23,26). The van der Waals surface area contributed by atoms with E-state index >= 15 is 0 Å². The van der Waals surface area contributed by atoms with Crippen molar-refractivity contribution >= 4 is 34.0 Å². The van der Waals surface area contributed by atoms with Gasteiger partial charge in [-0.2, -0.15) is 0 Å². The summed E-state index contributed by atoms with van der Waals surface area (Å²) >= 11 is 7.47. The summed E-state index contributed by atoms with van der Waals surface area (Å²) in [7, 11) is 0. The highest BCUT2D eigenvalue weighted by Crippen LogP contribution is 2.25. The van der Waals surface area contributed by atoms with Crippen molar-refractivity contribution in [1.82, 2.24) is 9.55 Å². The van der Waals surface area contributed by atoms with Gasteiger partial charge in [0.05, 0.1) is 18.4 Å². The van der Waals surface area contributed by atoms with Crippen LogP contribution < -0.4 is 10.9 Å². The lowest BCUT2D eigenvalue weighted by molar-refractivity contribution is 0.102. The summed E-state index contributed by atoms with van der Waals surface area (Å²) in [6.07, 6.45) is 3.08. The van der Waals surface area contributed by atoms with E-state index in [1.807, 2.05) is 18.2 Å². The van der Waals surface area contributed by atoms with Crippen molar-refractivity contribution in [3.05, 3.63) is 92.9 Å². The Morgan fingerprint density at radius 2 is 2.04 bits per heavy atom. The highest BCUT2D eigenvalue weighted by Gasteiger charge is 2.13. The largest absolute Gasteiger partial charge is 0.463 e. The molecule has 28 heavy (non-hydrogen) atoms. The summed E-state index contributed by atoms with van der Waals surface area (Å²) < 4.78 is 6.75. The highest BCUT2D eigenvalue weighted by atomic mass is 35.5. The molecule has 0 aliphatic carbocycles. The molecule has 3 heterocycles. The molecule has 4 aromatic rings. The van der Waals surface area contributed by atoms with Crippen LogP contribution in [0.2, 0.25) is 5.02 Å². The van der Waals surface area contributed by atoms with Crippen molar-refractivity contribution in [3.63, 3.8) is 0 Å². The lowest BCUT2D eigenvalue weighted by Gasteiger charge is -2.09. The van der Waals surface area contributed by atoms with Gasteiger partial charge in [0, 0.05) is 22.7 Å². The van der Waals surface area contributed by atoms with Gasteiger partial charge in [0.25, 0.3) is 11.5 Å². The number of benzene rings is 1. The number of rotatable bonds is 5. The van der Waals surface area contributed by atoms with Crippen LogP contribution in [-0.4, -0.2) is 15.5 Å². The fourth-order valence-electron chi connectivity index (χ4n) is 2.64. The number of aromatic nitrogens is 2. The number of thiazole rings is 1. The average molecular weight is 412 g/mol. The van der Waals surface area contributed by atoms with Crippen LogP contribution in [0.15, 0.2) is 75.6 Å². The molecule has 0 aliphatic rings. The smallest absolute Gasteiger partial charge is 0.258 e. The number of nitrogens with one attached hydrogen (secondary N) is 1. The van der Waals surface area contributed by atoms with Gasteiger partial charge in [-0.25, -0.2) is 4.98 Å². The Hall–Kier alpha value is -3.16. The number of hydrogen-bond donors (Lipinski definition) is 1. The summed E-state index contributed by atoms with van der Waals surface area (Å²) in [5.74, 6) is 0.276. The van der Waals surface area contributed by atoms with Gasteiger partial charge in [0.2, 0.25) is 0 Å². The van der Waals surface area contributed by atoms with Crippen LogP contribution in [0, 0.1) is 0 Å². The predicted molar refractivity (Wildman–Crippen MR) is 109 cm³/mol. The minimum Gasteiger partial charge on any atom is -0.463 e. The van der Waals surface area contributed by atoms with Gasteiger partial charge in [0.1, 0.15) is 5.69 Å². The first-order chi connectivity index (χ1) is 13.6. The van der Waals surface area contributed by atoms with E-state index in [1.54, 1.807) is 29.8 Å². The number of furan rings is 1. The summed E-state index contributed by atoms with van der Waals surface area (Å²) in [5.41, 5.74) is 1.58. The van der Waals surface area contributed by atoms with E-state index in [1.165, 1.54) is 34.2 Å². The maximum absolute atomic E-state index is 12.6. The number of pyridine rings is 1. The number of anilines is 1. The molecule has 0 bridgehead atoms. The Balaban J connectivity index is 1.53. The summed E-state index contributed by atoms with van der Waals surface area (Å²) in [4.78, 5) is 29.1. The van der Waals surface area contributed by atoms with E-state index < -0.39 is 0 Å². The molecule has 0 aliphatic heterocycles. The molecule has 1 aromatic carbocycles. The van der Waals surface area contributed by atoms with E-state index in [4.69, 9.17) is 16.0 Å². The maximum Gasteiger partial charge on any atom is 0.258 e. The monoisotopic (exact) mass is 411 g/mol. The molecule has 0 unspecified atom stereocenters. The lowest BCUT2D eigenvalue weighted by Crippen LogP contribution is -2.22. The minimum absolute atomic E-state index is 0.217. The number of hydrogen-bond acceptors (Lipinski definition) is 5. The van der Waals surface area contributed by atoms with Crippen molar-refractivity contribution < 1.29 is 9.21 Å². The van der Waals surface area contributed by atoms with Gasteiger partial charge in [-0.15, -0.1) is 11.3 Å². The highest BCUT2D eigenvalue weighted by molar-refractivity contribution is 7.14.